The van der Waals surface area contributed by atoms with Gasteiger partial charge in [-0.3, -0.25) is 4.90 Å². The predicted octanol–water partition coefficient (Wildman–Crippen LogP) is 4.99. The summed E-state index contributed by atoms with van der Waals surface area (Å²) in [6.45, 7) is 3.05. The molecule has 2 aromatic heterocycles. The van der Waals surface area contributed by atoms with Gasteiger partial charge in [0.15, 0.2) is 5.82 Å². The summed E-state index contributed by atoms with van der Waals surface area (Å²) in [6.07, 6.45) is -2.01. The number of halogens is 6. The standard InChI is InChI=1S/C29H31ClF5N7O2/c30-19-10-16(36)9-18(21(19)29(33,34)35)23-22(32)24-20-25(41(7-8-43-26(20)38-23)13-17-3-1-5-37-17)40-27(39-24)44-14-28-4-2-6-42(28)12-15(31)11-28/h9-10,15,17,37H,1-8,11-14,36H2/t15-,17?,28+/m1/s1. The third-order valence-corrected chi connectivity index (χ3v) is 9.40. The van der Waals surface area contributed by atoms with Crippen LogP contribution < -0.4 is 25.4 Å². The van der Waals surface area contributed by atoms with E-state index in [-0.39, 0.29) is 47.7 Å². The highest BCUT2D eigenvalue weighted by atomic mass is 35.5. The van der Waals surface area contributed by atoms with E-state index in [1.54, 1.807) is 0 Å². The average Bonchev–Trinajstić information content (AvgIpc) is 3.64. The number of benzene rings is 1. The van der Waals surface area contributed by atoms with Gasteiger partial charge in [-0.15, -0.1) is 0 Å². The van der Waals surface area contributed by atoms with Crippen LogP contribution in [-0.2, 0) is 6.18 Å². The molecule has 0 aliphatic carbocycles. The van der Waals surface area contributed by atoms with E-state index < -0.39 is 45.5 Å². The smallest absolute Gasteiger partial charge is 0.418 e. The van der Waals surface area contributed by atoms with Crippen molar-refractivity contribution in [1.82, 2.24) is 25.2 Å². The molecule has 1 aromatic carbocycles. The van der Waals surface area contributed by atoms with E-state index >= 15 is 4.39 Å². The minimum atomic E-state index is -4.93. The molecule has 3 atom stereocenters. The maximum Gasteiger partial charge on any atom is 0.418 e. The molecule has 3 N–H and O–H groups in total. The van der Waals surface area contributed by atoms with Crippen LogP contribution in [0.25, 0.3) is 22.2 Å². The minimum Gasteiger partial charge on any atom is -0.475 e. The number of nitrogens with two attached hydrogens (primary N) is 1. The number of anilines is 2. The third-order valence-electron chi connectivity index (χ3n) is 9.10. The van der Waals surface area contributed by atoms with Gasteiger partial charge in [-0.25, -0.2) is 13.8 Å². The zero-order chi connectivity index (χ0) is 30.8. The third kappa shape index (κ3) is 5.14. The van der Waals surface area contributed by atoms with E-state index in [1.165, 1.54) is 0 Å². The summed E-state index contributed by atoms with van der Waals surface area (Å²) in [7, 11) is 0. The van der Waals surface area contributed by atoms with E-state index in [0.29, 0.717) is 31.9 Å². The van der Waals surface area contributed by atoms with Crippen molar-refractivity contribution >= 4 is 34.0 Å². The summed E-state index contributed by atoms with van der Waals surface area (Å²) in [5.74, 6) is -0.927. The monoisotopic (exact) mass is 639 g/mol. The van der Waals surface area contributed by atoms with Crippen LogP contribution in [-0.4, -0.2) is 83.5 Å². The zero-order valence-electron chi connectivity index (χ0n) is 23.7. The Morgan fingerprint density at radius 1 is 1.18 bits per heavy atom. The molecule has 44 heavy (non-hydrogen) atoms. The molecule has 4 aliphatic heterocycles. The number of alkyl halides is 4. The Morgan fingerprint density at radius 2 is 2.02 bits per heavy atom. The highest BCUT2D eigenvalue weighted by molar-refractivity contribution is 6.32. The molecule has 3 fully saturated rings. The SMILES string of the molecule is Nc1cc(Cl)c(C(F)(F)F)c(-c2nc3c4c(nc(OC[C@@]56CCCN5C[C@H](F)C6)nc4c2F)N(CC2CCCN2)CCO3)c1. The van der Waals surface area contributed by atoms with Crippen LogP contribution in [0.5, 0.6) is 11.9 Å². The second-order valence-corrected chi connectivity index (χ2v) is 12.4. The Balaban J connectivity index is 1.38. The molecule has 3 aromatic rings. The van der Waals surface area contributed by atoms with Crippen molar-refractivity contribution in [1.29, 1.82) is 0 Å². The Morgan fingerprint density at radius 3 is 2.80 bits per heavy atom. The Kier molecular flexibility index (Phi) is 7.36. The van der Waals surface area contributed by atoms with Gasteiger partial charge >= 0.3 is 12.2 Å². The lowest BCUT2D eigenvalue weighted by Crippen LogP contribution is -2.43. The van der Waals surface area contributed by atoms with Gasteiger partial charge in [-0.05, 0) is 50.9 Å². The maximum atomic E-state index is 16.6. The number of fused-ring (bicyclic) bond motifs is 1. The summed E-state index contributed by atoms with van der Waals surface area (Å²) < 4.78 is 85.6. The fourth-order valence-corrected chi connectivity index (χ4v) is 7.48. The lowest BCUT2D eigenvalue weighted by molar-refractivity contribution is -0.137. The molecular weight excluding hydrogens is 609 g/mol. The summed E-state index contributed by atoms with van der Waals surface area (Å²) in [4.78, 5) is 17.3. The zero-order valence-corrected chi connectivity index (χ0v) is 24.4. The molecule has 0 spiro atoms. The number of rotatable bonds is 6. The van der Waals surface area contributed by atoms with E-state index in [0.717, 1.165) is 50.9 Å². The molecule has 236 valence electrons. The van der Waals surface area contributed by atoms with Crippen molar-refractivity contribution in [3.63, 3.8) is 0 Å². The van der Waals surface area contributed by atoms with Crippen LogP contribution in [0.15, 0.2) is 12.1 Å². The van der Waals surface area contributed by atoms with E-state index in [9.17, 15) is 17.6 Å². The van der Waals surface area contributed by atoms with Crippen LogP contribution >= 0.6 is 11.6 Å². The Labute approximate surface area is 254 Å². The number of aromatic nitrogens is 3. The van der Waals surface area contributed by atoms with Crippen molar-refractivity contribution in [3.8, 4) is 23.1 Å². The summed E-state index contributed by atoms with van der Waals surface area (Å²) in [6, 6.07) is 1.92. The Bertz CT molecular complexity index is 1610. The molecule has 0 radical (unpaired) electrons. The topological polar surface area (TPSA) is 102 Å². The van der Waals surface area contributed by atoms with E-state index in [2.05, 4.69) is 25.2 Å². The summed E-state index contributed by atoms with van der Waals surface area (Å²) in [5, 5.41) is 2.88. The second kappa shape index (κ2) is 11.0. The fourth-order valence-electron chi connectivity index (χ4n) is 7.14. The lowest BCUT2D eigenvalue weighted by atomic mass is 9.95. The normalized spacial score (nSPS) is 25.4. The number of hydrogen-bond donors (Lipinski definition) is 2. The van der Waals surface area contributed by atoms with Gasteiger partial charge in [-0.1, -0.05) is 11.6 Å². The minimum absolute atomic E-state index is 0.0918. The number of pyridine rings is 1. The maximum absolute atomic E-state index is 16.6. The number of nitrogen functional groups attached to an aromatic ring is 1. The quantitative estimate of drug-likeness (QED) is 0.285. The first-order chi connectivity index (χ1) is 21.0. The first-order valence-electron chi connectivity index (χ1n) is 14.7. The molecule has 4 aliphatic rings. The number of hydrogen-bond acceptors (Lipinski definition) is 9. The molecule has 9 nitrogen and oxygen atoms in total. The van der Waals surface area contributed by atoms with Crippen molar-refractivity contribution in [2.45, 2.75) is 56.0 Å². The number of ether oxygens (including phenoxy) is 2. The fraction of sp³-hybridized carbons (Fsp3) is 0.552. The molecule has 15 heteroatoms. The van der Waals surface area contributed by atoms with Gasteiger partial charge in [0.2, 0.25) is 5.88 Å². The van der Waals surface area contributed by atoms with Crippen molar-refractivity contribution < 1.29 is 31.4 Å². The predicted molar refractivity (Wildman–Crippen MR) is 154 cm³/mol. The van der Waals surface area contributed by atoms with Crippen LogP contribution in [0, 0.1) is 5.82 Å². The average molecular weight is 640 g/mol. The van der Waals surface area contributed by atoms with Gasteiger partial charge in [0.25, 0.3) is 0 Å². The Hall–Kier alpha value is -3.23. The van der Waals surface area contributed by atoms with Crippen molar-refractivity contribution in [2.24, 2.45) is 0 Å². The van der Waals surface area contributed by atoms with Gasteiger partial charge in [0.05, 0.1) is 22.7 Å². The highest BCUT2D eigenvalue weighted by Gasteiger charge is 2.49. The van der Waals surface area contributed by atoms with Crippen LogP contribution in [0.4, 0.5) is 33.5 Å². The van der Waals surface area contributed by atoms with E-state index in [1.807, 2.05) is 4.90 Å². The molecule has 7 rings (SSSR count). The first-order valence-corrected chi connectivity index (χ1v) is 15.1. The van der Waals surface area contributed by atoms with Crippen molar-refractivity contribution in [3.05, 3.63) is 28.5 Å². The molecule has 3 saturated heterocycles. The second-order valence-electron chi connectivity index (χ2n) is 12.0. The van der Waals surface area contributed by atoms with Gasteiger partial charge in [0, 0.05) is 36.8 Å². The highest BCUT2D eigenvalue weighted by Crippen LogP contribution is 2.46. The molecule has 0 amide bonds. The van der Waals surface area contributed by atoms with Gasteiger partial charge < -0.3 is 25.4 Å². The van der Waals surface area contributed by atoms with Crippen LogP contribution in [0.2, 0.25) is 5.02 Å². The first kappa shape index (κ1) is 29.5. The largest absolute Gasteiger partial charge is 0.475 e. The lowest BCUT2D eigenvalue weighted by Gasteiger charge is -2.31. The summed E-state index contributed by atoms with van der Waals surface area (Å²) in [5.41, 5.74) is 2.35. The molecule has 0 saturated carbocycles. The van der Waals surface area contributed by atoms with Gasteiger partial charge in [0.1, 0.15) is 41.8 Å². The molecule has 1 unspecified atom stereocenters. The van der Waals surface area contributed by atoms with Crippen LogP contribution in [0.3, 0.4) is 0 Å². The molecule has 0 bridgehead atoms. The van der Waals surface area contributed by atoms with Gasteiger partial charge in [-0.2, -0.15) is 23.1 Å². The molecular formula is C29H31ClF5N7O2. The summed E-state index contributed by atoms with van der Waals surface area (Å²) >= 11 is 5.99. The van der Waals surface area contributed by atoms with Crippen LogP contribution in [0.1, 0.15) is 37.7 Å². The van der Waals surface area contributed by atoms with Crippen molar-refractivity contribution in [2.75, 3.05) is 56.6 Å². The molecule has 6 heterocycles. The number of nitrogens with one attached hydrogen (secondary N) is 1. The van der Waals surface area contributed by atoms with E-state index in [4.69, 9.17) is 26.8 Å². The number of nitrogens with zero attached hydrogens (tertiary/aromatic N) is 5.